The van der Waals surface area contributed by atoms with Gasteiger partial charge in [-0.05, 0) is 18.9 Å². The van der Waals surface area contributed by atoms with Crippen LogP contribution >= 0.6 is 0 Å². The summed E-state index contributed by atoms with van der Waals surface area (Å²) in [7, 11) is 1.49. The van der Waals surface area contributed by atoms with E-state index in [2.05, 4.69) is 0 Å². The van der Waals surface area contributed by atoms with Crippen molar-refractivity contribution in [3.63, 3.8) is 0 Å². The van der Waals surface area contributed by atoms with Gasteiger partial charge >= 0.3 is 0 Å². The fraction of sp³-hybridized carbons (Fsp3) is 0.364. The highest BCUT2D eigenvalue weighted by Gasteiger charge is 2.21. The fourth-order valence-electron chi connectivity index (χ4n) is 1.86. The van der Waals surface area contributed by atoms with E-state index in [-0.39, 0.29) is 5.78 Å². The van der Waals surface area contributed by atoms with Crippen LogP contribution in [0.2, 0.25) is 0 Å². The first-order valence-electron chi connectivity index (χ1n) is 4.62. The number of ketones is 1. The molecular weight excluding hydrogens is 183 g/mol. The van der Waals surface area contributed by atoms with E-state index < -0.39 is 5.82 Å². The minimum atomic E-state index is -0.407. The molecule has 0 spiro atoms. The molecule has 0 fully saturated rings. The maximum atomic E-state index is 13.1. The van der Waals surface area contributed by atoms with Crippen molar-refractivity contribution in [2.45, 2.75) is 19.3 Å². The van der Waals surface area contributed by atoms with Gasteiger partial charge < -0.3 is 4.74 Å². The molecule has 0 atom stereocenters. The normalized spacial score (nSPS) is 15.1. The molecule has 1 aliphatic carbocycles. The lowest BCUT2D eigenvalue weighted by Gasteiger charge is -2.17. The van der Waals surface area contributed by atoms with E-state index in [1.807, 2.05) is 0 Å². The molecule has 0 aliphatic heterocycles. The number of ether oxygens (including phenoxy) is 1. The second kappa shape index (κ2) is 3.40. The van der Waals surface area contributed by atoms with Gasteiger partial charge in [0.25, 0.3) is 0 Å². The van der Waals surface area contributed by atoms with Crippen LogP contribution in [0.25, 0.3) is 0 Å². The van der Waals surface area contributed by atoms with E-state index in [1.165, 1.54) is 19.2 Å². The molecular formula is C11H11FO2. The first kappa shape index (κ1) is 9.19. The van der Waals surface area contributed by atoms with Crippen LogP contribution in [-0.4, -0.2) is 12.9 Å². The molecule has 1 aliphatic rings. The third kappa shape index (κ3) is 1.39. The summed E-state index contributed by atoms with van der Waals surface area (Å²) in [5.74, 6) is 0.105. The van der Waals surface area contributed by atoms with E-state index in [0.29, 0.717) is 17.7 Å². The minimum absolute atomic E-state index is 0.0176. The Bertz CT molecular complexity index is 385. The molecule has 2 rings (SSSR count). The van der Waals surface area contributed by atoms with Crippen molar-refractivity contribution in [3.05, 3.63) is 29.1 Å². The largest absolute Gasteiger partial charge is 0.496 e. The number of halogens is 1. The van der Waals surface area contributed by atoms with Gasteiger partial charge in [0.05, 0.1) is 7.11 Å². The van der Waals surface area contributed by atoms with Crippen LogP contribution in [0.1, 0.15) is 28.8 Å². The molecule has 0 bridgehead atoms. The Hall–Kier alpha value is -1.38. The van der Waals surface area contributed by atoms with Crippen LogP contribution in [0.5, 0.6) is 5.75 Å². The zero-order valence-electron chi connectivity index (χ0n) is 7.97. The lowest BCUT2D eigenvalue weighted by molar-refractivity contribution is 0.0971. The first-order chi connectivity index (χ1) is 6.72. The predicted molar refractivity (Wildman–Crippen MR) is 50.2 cm³/mol. The van der Waals surface area contributed by atoms with Crippen molar-refractivity contribution < 1.29 is 13.9 Å². The van der Waals surface area contributed by atoms with Gasteiger partial charge in [-0.15, -0.1) is 0 Å². The molecule has 74 valence electrons. The Morgan fingerprint density at radius 1 is 1.36 bits per heavy atom. The number of carbonyl (C=O) groups excluding carboxylic acids is 1. The van der Waals surface area contributed by atoms with Gasteiger partial charge in [0.1, 0.15) is 11.6 Å². The van der Waals surface area contributed by atoms with Crippen LogP contribution in [0, 0.1) is 5.82 Å². The molecule has 0 heterocycles. The number of fused-ring (bicyclic) bond motifs is 1. The molecule has 1 aromatic carbocycles. The third-order valence-electron chi connectivity index (χ3n) is 2.52. The second-order valence-corrected chi connectivity index (χ2v) is 3.41. The molecule has 1 aromatic rings. The van der Waals surface area contributed by atoms with Crippen molar-refractivity contribution in [3.8, 4) is 5.75 Å². The highest BCUT2D eigenvalue weighted by molar-refractivity contribution is 5.99. The van der Waals surface area contributed by atoms with E-state index in [9.17, 15) is 9.18 Å². The van der Waals surface area contributed by atoms with Gasteiger partial charge in [0, 0.05) is 23.6 Å². The summed E-state index contributed by atoms with van der Waals surface area (Å²) >= 11 is 0. The van der Waals surface area contributed by atoms with Crippen molar-refractivity contribution in [2.75, 3.05) is 7.11 Å². The van der Waals surface area contributed by atoms with Crippen LogP contribution in [0.4, 0.5) is 4.39 Å². The van der Waals surface area contributed by atoms with E-state index >= 15 is 0 Å². The standard InChI is InChI=1S/C11H11FO2/c1-14-11-6-7(12)5-9-8(11)3-2-4-10(9)13/h5-6H,2-4H2,1H3. The molecule has 0 unspecified atom stereocenters. The molecule has 0 saturated carbocycles. The lowest BCUT2D eigenvalue weighted by atomic mass is 9.90. The summed E-state index contributed by atoms with van der Waals surface area (Å²) in [4.78, 5) is 11.5. The van der Waals surface area contributed by atoms with E-state index in [4.69, 9.17) is 4.74 Å². The average Bonchev–Trinajstić information content (AvgIpc) is 2.18. The van der Waals surface area contributed by atoms with Crippen LogP contribution in [-0.2, 0) is 6.42 Å². The number of methoxy groups -OCH3 is 1. The Labute approximate surface area is 81.7 Å². The topological polar surface area (TPSA) is 26.3 Å². The summed E-state index contributed by atoms with van der Waals surface area (Å²) in [5.41, 5.74) is 1.35. The molecule has 2 nitrogen and oxygen atoms in total. The number of hydrogen-bond acceptors (Lipinski definition) is 2. The van der Waals surface area contributed by atoms with Gasteiger partial charge in [-0.3, -0.25) is 4.79 Å². The molecule has 3 heteroatoms. The fourth-order valence-corrected chi connectivity index (χ4v) is 1.86. The molecule has 0 N–H and O–H groups in total. The number of benzene rings is 1. The maximum Gasteiger partial charge on any atom is 0.163 e. The predicted octanol–water partition coefficient (Wildman–Crippen LogP) is 2.35. The highest BCUT2D eigenvalue weighted by Crippen LogP contribution is 2.30. The molecule has 0 aromatic heterocycles. The van der Waals surface area contributed by atoms with E-state index in [1.54, 1.807) is 0 Å². The molecule has 0 radical (unpaired) electrons. The summed E-state index contributed by atoms with van der Waals surface area (Å²) in [6.07, 6.45) is 2.14. The van der Waals surface area contributed by atoms with Crippen molar-refractivity contribution in [1.82, 2.24) is 0 Å². The van der Waals surface area contributed by atoms with Gasteiger partial charge in [-0.25, -0.2) is 4.39 Å². The number of hydrogen-bond donors (Lipinski definition) is 0. The van der Waals surface area contributed by atoms with Crippen molar-refractivity contribution >= 4 is 5.78 Å². The number of Topliss-reactive ketones (excluding diaryl/α,β-unsaturated/α-hetero) is 1. The Kier molecular flexibility index (Phi) is 2.23. The van der Waals surface area contributed by atoms with Crippen LogP contribution in [0.3, 0.4) is 0 Å². The Morgan fingerprint density at radius 3 is 2.86 bits per heavy atom. The number of rotatable bonds is 1. The SMILES string of the molecule is COc1cc(F)cc2c1CCCC2=O. The zero-order valence-corrected chi connectivity index (χ0v) is 7.97. The molecule has 0 amide bonds. The summed E-state index contributed by atoms with van der Waals surface area (Å²) in [5, 5.41) is 0. The zero-order chi connectivity index (χ0) is 10.1. The van der Waals surface area contributed by atoms with Gasteiger partial charge in [-0.1, -0.05) is 0 Å². The first-order valence-corrected chi connectivity index (χ1v) is 4.62. The van der Waals surface area contributed by atoms with Crippen LogP contribution in [0.15, 0.2) is 12.1 Å². The molecule has 14 heavy (non-hydrogen) atoms. The minimum Gasteiger partial charge on any atom is -0.496 e. The van der Waals surface area contributed by atoms with Crippen LogP contribution < -0.4 is 4.74 Å². The van der Waals surface area contributed by atoms with Crippen molar-refractivity contribution in [1.29, 1.82) is 0 Å². The Morgan fingerprint density at radius 2 is 2.14 bits per heavy atom. The number of carbonyl (C=O) groups is 1. The lowest BCUT2D eigenvalue weighted by Crippen LogP contribution is -2.12. The van der Waals surface area contributed by atoms with Crippen molar-refractivity contribution in [2.24, 2.45) is 0 Å². The molecule has 0 saturated heterocycles. The Balaban J connectivity index is 2.60. The summed E-state index contributed by atoms with van der Waals surface area (Å²) in [6.45, 7) is 0. The van der Waals surface area contributed by atoms with Gasteiger partial charge in [0.2, 0.25) is 0 Å². The van der Waals surface area contributed by atoms with E-state index in [0.717, 1.165) is 18.4 Å². The second-order valence-electron chi connectivity index (χ2n) is 3.41. The third-order valence-corrected chi connectivity index (χ3v) is 2.52. The van der Waals surface area contributed by atoms with Gasteiger partial charge in [0.15, 0.2) is 5.78 Å². The maximum absolute atomic E-state index is 13.1. The highest BCUT2D eigenvalue weighted by atomic mass is 19.1. The quantitative estimate of drug-likeness (QED) is 0.686. The summed E-state index contributed by atoms with van der Waals surface area (Å²) < 4.78 is 18.1. The average molecular weight is 194 g/mol. The smallest absolute Gasteiger partial charge is 0.163 e. The van der Waals surface area contributed by atoms with Gasteiger partial charge in [-0.2, -0.15) is 0 Å². The summed E-state index contributed by atoms with van der Waals surface area (Å²) in [6, 6.07) is 2.64. The monoisotopic (exact) mass is 194 g/mol.